The lowest BCUT2D eigenvalue weighted by Crippen LogP contribution is -2.12. The Balaban J connectivity index is 1.63. The van der Waals surface area contributed by atoms with Crippen molar-refractivity contribution in [3.05, 3.63) is 95.8 Å². The number of benzene rings is 3. The highest BCUT2D eigenvalue weighted by Gasteiger charge is 2.16. The van der Waals surface area contributed by atoms with Crippen LogP contribution in [-0.2, 0) is 0 Å². The molecule has 2 heterocycles. The molecule has 1 N–H and O–H groups in total. The molecule has 0 radical (unpaired) electrons. The summed E-state index contributed by atoms with van der Waals surface area (Å²) in [6, 6.07) is 22.3. The van der Waals surface area contributed by atoms with Gasteiger partial charge in [0.15, 0.2) is 5.65 Å². The number of carbonyl (C=O) groups is 1. The van der Waals surface area contributed by atoms with Gasteiger partial charge in [0, 0.05) is 28.5 Å². The highest BCUT2D eigenvalue weighted by molar-refractivity contribution is 6.30. The first-order valence-corrected chi connectivity index (χ1v) is 9.46. The van der Waals surface area contributed by atoms with Crippen molar-refractivity contribution in [2.75, 3.05) is 5.32 Å². The fraction of sp³-hybridized carbons (Fsp3) is 0. The van der Waals surface area contributed by atoms with Crippen LogP contribution in [0.2, 0.25) is 5.02 Å². The van der Waals surface area contributed by atoms with Gasteiger partial charge in [-0.15, -0.1) is 0 Å². The number of hydrogen-bond acceptors (Lipinski definition) is 3. The van der Waals surface area contributed by atoms with E-state index in [4.69, 9.17) is 16.6 Å². The number of halogens is 1. The number of rotatable bonds is 3. The predicted octanol–water partition coefficient (Wildman–Crippen LogP) is 5.46. The minimum absolute atomic E-state index is 0.214. The number of imidazole rings is 1. The molecule has 0 fully saturated rings. The van der Waals surface area contributed by atoms with Crippen molar-refractivity contribution in [1.29, 1.82) is 0 Å². The molecule has 0 aliphatic rings. The molecule has 5 rings (SSSR count). The molecule has 3 aromatic carbocycles. The van der Waals surface area contributed by atoms with Gasteiger partial charge in [0.25, 0.3) is 5.91 Å². The standard InChI is InChI=1S/C23H15ClN4O/c24-16-11-9-15(10-12-16)23(29)27-18-6-2-1-5-17(18)21-22-25-13-14-28(22)20-8-4-3-7-19(20)26-21/h1-14H,(H,27,29). The zero-order valence-electron chi connectivity index (χ0n) is 15.2. The van der Waals surface area contributed by atoms with Gasteiger partial charge in [0.1, 0.15) is 5.69 Å². The maximum Gasteiger partial charge on any atom is 0.255 e. The van der Waals surface area contributed by atoms with Crippen LogP contribution >= 0.6 is 11.6 Å². The molecule has 0 spiro atoms. The maximum atomic E-state index is 12.7. The van der Waals surface area contributed by atoms with E-state index in [0.29, 0.717) is 22.0 Å². The van der Waals surface area contributed by atoms with E-state index < -0.39 is 0 Å². The first kappa shape index (κ1) is 17.4. The van der Waals surface area contributed by atoms with E-state index in [9.17, 15) is 4.79 Å². The third kappa shape index (κ3) is 3.11. The maximum absolute atomic E-state index is 12.7. The monoisotopic (exact) mass is 398 g/mol. The molecule has 1 amide bonds. The van der Waals surface area contributed by atoms with Gasteiger partial charge in [0.05, 0.1) is 16.7 Å². The van der Waals surface area contributed by atoms with Gasteiger partial charge in [-0.05, 0) is 42.5 Å². The molecule has 2 aromatic heterocycles. The van der Waals surface area contributed by atoms with Gasteiger partial charge >= 0.3 is 0 Å². The summed E-state index contributed by atoms with van der Waals surface area (Å²) < 4.78 is 2.01. The molecule has 0 unspecified atom stereocenters. The van der Waals surface area contributed by atoms with Crippen molar-refractivity contribution in [3.63, 3.8) is 0 Å². The summed E-state index contributed by atoms with van der Waals surface area (Å²) in [5.74, 6) is -0.214. The van der Waals surface area contributed by atoms with E-state index in [2.05, 4.69) is 10.3 Å². The normalized spacial score (nSPS) is 11.1. The van der Waals surface area contributed by atoms with Crippen molar-refractivity contribution in [3.8, 4) is 11.3 Å². The Bertz CT molecular complexity index is 1360. The van der Waals surface area contributed by atoms with Crippen LogP contribution in [0.15, 0.2) is 85.2 Å². The van der Waals surface area contributed by atoms with Crippen LogP contribution in [0.5, 0.6) is 0 Å². The van der Waals surface area contributed by atoms with E-state index in [0.717, 1.165) is 22.2 Å². The summed E-state index contributed by atoms with van der Waals surface area (Å²) in [7, 11) is 0. The number of fused-ring (bicyclic) bond motifs is 3. The zero-order valence-corrected chi connectivity index (χ0v) is 16.0. The first-order chi connectivity index (χ1) is 14.2. The summed E-state index contributed by atoms with van der Waals surface area (Å²) in [4.78, 5) is 22.1. The highest BCUT2D eigenvalue weighted by Crippen LogP contribution is 2.31. The number of anilines is 1. The van der Waals surface area contributed by atoms with Crippen LogP contribution in [0.25, 0.3) is 27.9 Å². The van der Waals surface area contributed by atoms with E-state index in [1.165, 1.54) is 0 Å². The third-order valence-electron chi connectivity index (χ3n) is 4.76. The van der Waals surface area contributed by atoms with Gasteiger partial charge in [0.2, 0.25) is 0 Å². The Morgan fingerprint density at radius 3 is 2.55 bits per heavy atom. The van der Waals surface area contributed by atoms with Crippen LogP contribution in [-0.4, -0.2) is 20.3 Å². The predicted molar refractivity (Wildman–Crippen MR) is 115 cm³/mol. The molecule has 0 bridgehead atoms. The Morgan fingerprint density at radius 1 is 0.931 bits per heavy atom. The Labute approximate surface area is 171 Å². The van der Waals surface area contributed by atoms with E-state index in [-0.39, 0.29) is 5.91 Å². The second-order valence-corrected chi connectivity index (χ2v) is 7.01. The number of hydrogen-bond donors (Lipinski definition) is 1. The molecular weight excluding hydrogens is 384 g/mol. The van der Waals surface area contributed by atoms with Gasteiger partial charge in [-0.3, -0.25) is 9.20 Å². The number of carbonyl (C=O) groups excluding carboxylic acids is 1. The SMILES string of the molecule is O=C(Nc1ccccc1-c1nc2ccccc2n2ccnc12)c1ccc(Cl)cc1. The zero-order chi connectivity index (χ0) is 19.8. The summed E-state index contributed by atoms with van der Waals surface area (Å²) in [5, 5.41) is 3.58. The molecule has 29 heavy (non-hydrogen) atoms. The van der Waals surface area contributed by atoms with Gasteiger partial charge in [-0.2, -0.15) is 0 Å². The molecular formula is C23H15ClN4O. The van der Waals surface area contributed by atoms with Gasteiger partial charge in [-0.1, -0.05) is 41.9 Å². The molecule has 5 aromatic rings. The van der Waals surface area contributed by atoms with Crippen molar-refractivity contribution in [1.82, 2.24) is 14.4 Å². The number of aromatic nitrogens is 3. The number of para-hydroxylation sites is 3. The first-order valence-electron chi connectivity index (χ1n) is 9.09. The Kier molecular flexibility index (Phi) is 4.22. The lowest BCUT2D eigenvalue weighted by atomic mass is 10.1. The van der Waals surface area contributed by atoms with Crippen molar-refractivity contribution < 1.29 is 4.79 Å². The molecule has 0 aliphatic carbocycles. The molecule has 6 heteroatoms. The summed E-state index contributed by atoms with van der Waals surface area (Å²) in [6.45, 7) is 0. The van der Waals surface area contributed by atoms with Crippen LogP contribution in [0.1, 0.15) is 10.4 Å². The molecule has 0 aliphatic heterocycles. The number of nitrogens with zero attached hydrogens (tertiary/aromatic N) is 3. The average Bonchev–Trinajstić information content (AvgIpc) is 3.24. The molecule has 0 saturated heterocycles. The quantitative estimate of drug-likeness (QED) is 0.439. The van der Waals surface area contributed by atoms with Gasteiger partial charge < -0.3 is 5.32 Å². The van der Waals surface area contributed by atoms with Gasteiger partial charge in [-0.25, -0.2) is 9.97 Å². The summed E-state index contributed by atoms with van der Waals surface area (Å²) in [6.07, 6.45) is 3.67. The Morgan fingerprint density at radius 2 is 1.69 bits per heavy atom. The molecule has 140 valence electrons. The summed E-state index contributed by atoms with van der Waals surface area (Å²) in [5.41, 5.74) is 5.27. The minimum atomic E-state index is -0.214. The van der Waals surface area contributed by atoms with E-state index in [1.54, 1.807) is 30.5 Å². The topological polar surface area (TPSA) is 59.3 Å². The molecule has 0 atom stereocenters. The number of amides is 1. The largest absolute Gasteiger partial charge is 0.321 e. The number of nitrogens with one attached hydrogen (secondary N) is 1. The average molecular weight is 399 g/mol. The Hall–Kier alpha value is -3.70. The lowest BCUT2D eigenvalue weighted by Gasteiger charge is -2.13. The van der Waals surface area contributed by atoms with Crippen LogP contribution in [0.4, 0.5) is 5.69 Å². The lowest BCUT2D eigenvalue weighted by molar-refractivity contribution is 0.102. The summed E-state index contributed by atoms with van der Waals surface area (Å²) >= 11 is 5.92. The second kappa shape index (κ2) is 7.04. The van der Waals surface area contributed by atoms with Crippen molar-refractivity contribution in [2.45, 2.75) is 0 Å². The fourth-order valence-corrected chi connectivity index (χ4v) is 3.51. The smallest absolute Gasteiger partial charge is 0.255 e. The molecule has 0 saturated carbocycles. The highest BCUT2D eigenvalue weighted by atomic mass is 35.5. The second-order valence-electron chi connectivity index (χ2n) is 6.58. The minimum Gasteiger partial charge on any atom is -0.321 e. The van der Waals surface area contributed by atoms with Crippen LogP contribution in [0.3, 0.4) is 0 Å². The molecule has 5 nitrogen and oxygen atoms in total. The van der Waals surface area contributed by atoms with Crippen molar-refractivity contribution >= 4 is 39.9 Å². The van der Waals surface area contributed by atoms with Crippen LogP contribution in [0, 0.1) is 0 Å². The third-order valence-corrected chi connectivity index (χ3v) is 5.01. The van der Waals surface area contributed by atoms with Crippen molar-refractivity contribution in [2.24, 2.45) is 0 Å². The van der Waals surface area contributed by atoms with Crippen LogP contribution < -0.4 is 5.32 Å². The van der Waals surface area contributed by atoms with E-state index >= 15 is 0 Å². The van der Waals surface area contributed by atoms with E-state index in [1.807, 2.05) is 59.1 Å². The fourth-order valence-electron chi connectivity index (χ4n) is 3.38.